The number of unbranched alkanes of at least 4 members (excludes halogenated alkanes) is 14. The predicted octanol–water partition coefficient (Wildman–Crippen LogP) is 7.54. The molecule has 0 bridgehead atoms. The van der Waals surface area contributed by atoms with E-state index in [0.29, 0.717) is 26.3 Å². The van der Waals surface area contributed by atoms with Gasteiger partial charge in [-0.1, -0.05) is 96.8 Å². The summed E-state index contributed by atoms with van der Waals surface area (Å²) in [7, 11) is 1.75. The molecule has 0 saturated carbocycles. The lowest BCUT2D eigenvalue weighted by Crippen LogP contribution is -2.35. The Morgan fingerprint density at radius 3 is 2.15 bits per heavy atom. The molecular formula is C31H57N3O5S. The Morgan fingerprint density at radius 2 is 1.55 bits per heavy atom. The Balaban J connectivity index is 1.33. The van der Waals surface area contributed by atoms with Gasteiger partial charge in [-0.05, 0) is 18.2 Å². The zero-order chi connectivity index (χ0) is 28.7. The van der Waals surface area contributed by atoms with Crippen LogP contribution in [0.15, 0.2) is 11.6 Å². The molecule has 1 N–H and O–H groups in total. The summed E-state index contributed by atoms with van der Waals surface area (Å²) in [5.41, 5.74) is 0. The van der Waals surface area contributed by atoms with Crippen LogP contribution < -0.4 is 5.32 Å². The number of likely N-dealkylation sites (N-methyl/N-ethyl adjacent to an activating group) is 1. The number of nitrogens with one attached hydrogen (secondary N) is 1. The largest absolute Gasteiger partial charge is 0.449 e. The third kappa shape index (κ3) is 17.3. The first-order valence-corrected chi connectivity index (χ1v) is 17.1. The van der Waals surface area contributed by atoms with Gasteiger partial charge in [-0.15, -0.1) is 11.8 Å². The zero-order valence-corrected chi connectivity index (χ0v) is 26.2. The van der Waals surface area contributed by atoms with Crippen LogP contribution in [0.2, 0.25) is 0 Å². The molecule has 0 aromatic heterocycles. The van der Waals surface area contributed by atoms with Gasteiger partial charge in [0, 0.05) is 38.8 Å². The van der Waals surface area contributed by atoms with E-state index in [1.807, 2.05) is 6.20 Å². The molecule has 2 heterocycles. The Bertz CT molecular complexity index is 696. The highest BCUT2D eigenvalue weighted by Crippen LogP contribution is 2.21. The Hall–Kier alpha value is -1.61. The maximum atomic E-state index is 12.2. The molecule has 0 radical (unpaired) electrons. The number of rotatable bonds is 23. The minimum absolute atomic E-state index is 0.137. The van der Waals surface area contributed by atoms with Crippen LogP contribution in [0.5, 0.6) is 0 Å². The molecule has 0 aliphatic carbocycles. The number of hydrogen-bond donors (Lipinski definition) is 1. The number of nitrogens with zero attached hydrogens (tertiary/aromatic N) is 2. The van der Waals surface area contributed by atoms with Crippen LogP contribution in [0.3, 0.4) is 0 Å². The number of carbonyl (C=O) groups is 2. The molecule has 9 heteroatoms. The molecule has 2 aliphatic rings. The second-order valence-corrected chi connectivity index (χ2v) is 12.3. The van der Waals surface area contributed by atoms with E-state index in [1.54, 1.807) is 23.7 Å². The highest BCUT2D eigenvalue weighted by molar-refractivity contribution is 8.02. The summed E-state index contributed by atoms with van der Waals surface area (Å²) in [6.45, 7) is 5.41. The Morgan fingerprint density at radius 1 is 0.925 bits per heavy atom. The Kier molecular flexibility index (Phi) is 19.9. The molecule has 1 saturated heterocycles. The van der Waals surface area contributed by atoms with Crippen molar-refractivity contribution < 1.29 is 23.8 Å². The van der Waals surface area contributed by atoms with Gasteiger partial charge in [0.15, 0.2) is 0 Å². The molecular weight excluding hydrogens is 526 g/mol. The summed E-state index contributed by atoms with van der Waals surface area (Å²) in [5, 5.41) is 4.92. The lowest BCUT2D eigenvalue weighted by atomic mass is 10.0. The molecule has 0 spiro atoms. The molecule has 0 aromatic rings. The summed E-state index contributed by atoms with van der Waals surface area (Å²) in [6, 6.07) is 0. The van der Waals surface area contributed by atoms with E-state index in [9.17, 15) is 9.59 Å². The third-order valence-electron chi connectivity index (χ3n) is 7.70. The van der Waals surface area contributed by atoms with E-state index in [1.165, 1.54) is 83.5 Å². The first-order valence-electron chi connectivity index (χ1n) is 16.0. The average molecular weight is 584 g/mol. The summed E-state index contributed by atoms with van der Waals surface area (Å²) in [5.74, 6) is 1.07. The van der Waals surface area contributed by atoms with Crippen molar-refractivity contribution in [3.63, 3.8) is 0 Å². The molecule has 2 aliphatic heterocycles. The van der Waals surface area contributed by atoms with Crippen LogP contribution in [0.4, 0.5) is 9.59 Å². The molecule has 0 aromatic carbocycles. The molecule has 2 atom stereocenters. The van der Waals surface area contributed by atoms with Crippen molar-refractivity contribution in [3.8, 4) is 0 Å². The highest BCUT2D eigenvalue weighted by Gasteiger charge is 2.28. The van der Waals surface area contributed by atoms with Crippen LogP contribution in [-0.2, 0) is 14.2 Å². The molecule has 2 rings (SSSR count). The van der Waals surface area contributed by atoms with Crippen LogP contribution in [0, 0.1) is 5.92 Å². The van der Waals surface area contributed by atoms with Crippen LogP contribution in [0.1, 0.15) is 110 Å². The summed E-state index contributed by atoms with van der Waals surface area (Å²) >= 11 is 1.75. The van der Waals surface area contributed by atoms with Crippen molar-refractivity contribution in [1.82, 2.24) is 15.1 Å². The van der Waals surface area contributed by atoms with E-state index < -0.39 is 0 Å². The second-order valence-electron chi connectivity index (χ2n) is 11.4. The second kappa shape index (κ2) is 23.0. The quantitative estimate of drug-likeness (QED) is 0.125. The van der Waals surface area contributed by atoms with Gasteiger partial charge in [0.2, 0.25) is 0 Å². The van der Waals surface area contributed by atoms with Crippen LogP contribution >= 0.6 is 11.8 Å². The molecule has 40 heavy (non-hydrogen) atoms. The van der Waals surface area contributed by atoms with Gasteiger partial charge in [0.25, 0.3) is 0 Å². The van der Waals surface area contributed by atoms with Gasteiger partial charge in [0.1, 0.15) is 6.61 Å². The predicted molar refractivity (Wildman–Crippen MR) is 164 cm³/mol. The molecule has 1 fully saturated rings. The van der Waals surface area contributed by atoms with Crippen molar-refractivity contribution in [2.24, 2.45) is 5.92 Å². The summed E-state index contributed by atoms with van der Waals surface area (Å²) in [4.78, 5) is 28.0. The maximum absolute atomic E-state index is 12.2. The Labute approximate surface area is 248 Å². The smallest absolute Gasteiger partial charge is 0.409 e. The standard InChI is InChI=1S/C31H57N3O5S/c1-3-4-5-6-7-8-9-10-11-12-13-14-15-16-17-18-32-30(35)38-25-28-23-29(37-24-28)26-39-31(36)33(2)19-20-34-21-22-40-27-34/h21-22,28-29H,3-20,23-27H2,1-2H3,(H,32,35). The zero-order valence-electron chi connectivity index (χ0n) is 25.4. The van der Waals surface area contributed by atoms with Crippen molar-refractivity contribution in [2.45, 2.75) is 116 Å². The van der Waals surface area contributed by atoms with E-state index >= 15 is 0 Å². The van der Waals surface area contributed by atoms with Gasteiger partial charge in [-0.3, -0.25) is 0 Å². The monoisotopic (exact) mass is 583 g/mol. The van der Waals surface area contributed by atoms with Crippen LogP contribution in [0.25, 0.3) is 0 Å². The lowest BCUT2D eigenvalue weighted by Gasteiger charge is -2.21. The van der Waals surface area contributed by atoms with Gasteiger partial charge in [0.05, 0.1) is 25.2 Å². The highest BCUT2D eigenvalue weighted by atomic mass is 32.2. The van der Waals surface area contributed by atoms with Gasteiger partial charge < -0.3 is 29.3 Å². The van der Waals surface area contributed by atoms with Crippen molar-refractivity contribution in [1.29, 1.82) is 0 Å². The minimum atomic E-state index is -0.354. The normalized spacial score (nSPS) is 18.3. The molecule has 232 valence electrons. The minimum Gasteiger partial charge on any atom is -0.449 e. The average Bonchev–Trinajstić information content (AvgIpc) is 3.65. The number of ether oxygens (including phenoxy) is 3. The van der Waals surface area contributed by atoms with Crippen molar-refractivity contribution in [2.75, 3.05) is 52.4 Å². The van der Waals surface area contributed by atoms with Gasteiger partial charge in [-0.2, -0.15) is 0 Å². The van der Waals surface area contributed by atoms with E-state index in [4.69, 9.17) is 14.2 Å². The van der Waals surface area contributed by atoms with Gasteiger partial charge >= 0.3 is 12.2 Å². The maximum Gasteiger partial charge on any atom is 0.409 e. The third-order valence-corrected chi connectivity index (χ3v) is 8.49. The number of amides is 2. The SMILES string of the molecule is CCCCCCCCCCCCCCCCCNC(=O)OCC1COC(COC(=O)N(C)CCN2C=CSC2)C1. The number of alkyl carbamates (subject to hydrolysis) is 1. The molecule has 2 unspecified atom stereocenters. The number of hydrogen-bond acceptors (Lipinski definition) is 7. The fraction of sp³-hybridized carbons (Fsp3) is 0.871. The lowest BCUT2D eigenvalue weighted by molar-refractivity contribution is 0.0305. The molecule has 2 amide bonds. The number of thioether (sulfide) groups is 1. The number of carbonyl (C=O) groups excluding carboxylic acids is 2. The molecule has 8 nitrogen and oxygen atoms in total. The van der Waals surface area contributed by atoms with E-state index in [0.717, 1.165) is 31.7 Å². The first-order chi connectivity index (χ1) is 19.6. The van der Waals surface area contributed by atoms with Crippen molar-refractivity contribution in [3.05, 3.63) is 11.6 Å². The fourth-order valence-corrected chi connectivity index (χ4v) is 5.79. The first kappa shape index (κ1) is 34.6. The fourth-order valence-electron chi connectivity index (χ4n) is 5.04. The van der Waals surface area contributed by atoms with Crippen molar-refractivity contribution >= 4 is 23.9 Å². The topological polar surface area (TPSA) is 80.3 Å². The summed E-state index contributed by atoms with van der Waals surface area (Å²) < 4.78 is 16.5. The summed E-state index contributed by atoms with van der Waals surface area (Å²) in [6.07, 6.45) is 21.9. The van der Waals surface area contributed by atoms with E-state index in [-0.39, 0.29) is 30.8 Å². The van der Waals surface area contributed by atoms with Gasteiger partial charge in [-0.25, -0.2) is 9.59 Å². The van der Waals surface area contributed by atoms with Crippen LogP contribution in [-0.4, -0.2) is 80.5 Å². The van der Waals surface area contributed by atoms with E-state index in [2.05, 4.69) is 22.5 Å².